The Hall–Kier alpha value is -2.61. The fourth-order valence-corrected chi connectivity index (χ4v) is 3.82. The standard InChI is InChI=1S/C26H25N.ClH/c1-20(24-18-10-15-22-13-6-9-17-26(22)24)27(2)19-23-14-7-8-16-25(23)21-11-4-3-5-12-21;/h3-18,20H,19H2,1-2H3;1H/t20-;/m1./s1. The minimum absolute atomic E-state index is 0. The highest BCUT2D eigenvalue weighted by molar-refractivity contribution is 5.86. The maximum Gasteiger partial charge on any atom is 0.0326 e. The van der Waals surface area contributed by atoms with Crippen LogP contribution in [0.15, 0.2) is 97.1 Å². The van der Waals surface area contributed by atoms with Crippen LogP contribution in [0.1, 0.15) is 24.1 Å². The first-order valence-electron chi connectivity index (χ1n) is 9.55. The molecule has 4 aromatic carbocycles. The summed E-state index contributed by atoms with van der Waals surface area (Å²) in [5.41, 5.74) is 5.33. The zero-order valence-electron chi connectivity index (χ0n) is 16.4. The minimum atomic E-state index is 0. The van der Waals surface area contributed by atoms with Crippen molar-refractivity contribution in [2.75, 3.05) is 7.05 Å². The van der Waals surface area contributed by atoms with Gasteiger partial charge in [-0.1, -0.05) is 97.1 Å². The van der Waals surface area contributed by atoms with Gasteiger partial charge >= 0.3 is 0 Å². The van der Waals surface area contributed by atoms with Crippen molar-refractivity contribution in [3.05, 3.63) is 108 Å². The summed E-state index contributed by atoms with van der Waals surface area (Å²) >= 11 is 0. The average Bonchev–Trinajstić information content (AvgIpc) is 2.74. The topological polar surface area (TPSA) is 3.24 Å². The molecule has 4 rings (SSSR count). The van der Waals surface area contributed by atoms with Gasteiger partial charge in [-0.2, -0.15) is 0 Å². The third-order valence-electron chi connectivity index (χ3n) is 5.46. The molecule has 0 saturated carbocycles. The molecule has 0 aliphatic carbocycles. The van der Waals surface area contributed by atoms with Crippen LogP contribution in [0, 0.1) is 0 Å². The van der Waals surface area contributed by atoms with E-state index in [-0.39, 0.29) is 12.4 Å². The monoisotopic (exact) mass is 387 g/mol. The number of fused-ring (bicyclic) bond motifs is 1. The number of rotatable bonds is 5. The molecule has 2 heteroatoms. The summed E-state index contributed by atoms with van der Waals surface area (Å²) < 4.78 is 0. The first-order chi connectivity index (χ1) is 13.2. The van der Waals surface area contributed by atoms with E-state index in [1.165, 1.54) is 33.0 Å². The van der Waals surface area contributed by atoms with Crippen LogP contribution < -0.4 is 0 Å². The first kappa shape index (κ1) is 20.1. The maximum atomic E-state index is 2.43. The Morgan fingerprint density at radius 1 is 0.714 bits per heavy atom. The van der Waals surface area contributed by atoms with Crippen LogP contribution in [-0.4, -0.2) is 11.9 Å². The molecule has 0 N–H and O–H groups in total. The summed E-state index contributed by atoms with van der Waals surface area (Å²) in [5, 5.41) is 2.65. The fourth-order valence-electron chi connectivity index (χ4n) is 3.82. The quantitative estimate of drug-likeness (QED) is 0.352. The van der Waals surface area contributed by atoms with E-state index < -0.39 is 0 Å². The highest BCUT2D eigenvalue weighted by Crippen LogP contribution is 2.30. The molecule has 0 saturated heterocycles. The Bertz CT molecular complexity index is 1040. The van der Waals surface area contributed by atoms with Gasteiger partial charge in [-0.25, -0.2) is 0 Å². The van der Waals surface area contributed by atoms with E-state index in [2.05, 4.69) is 116 Å². The number of halogens is 1. The van der Waals surface area contributed by atoms with E-state index >= 15 is 0 Å². The molecular weight excluding hydrogens is 362 g/mol. The third-order valence-corrected chi connectivity index (χ3v) is 5.46. The SMILES string of the molecule is C[C@H](c1cccc2ccccc12)N(C)Cc1ccccc1-c1ccccc1.Cl. The molecule has 0 bridgehead atoms. The van der Waals surface area contributed by atoms with Crippen LogP contribution in [0.5, 0.6) is 0 Å². The van der Waals surface area contributed by atoms with Gasteiger partial charge in [0.1, 0.15) is 0 Å². The van der Waals surface area contributed by atoms with E-state index in [0.717, 1.165) is 6.54 Å². The number of benzene rings is 4. The highest BCUT2D eigenvalue weighted by Gasteiger charge is 2.16. The summed E-state index contributed by atoms with van der Waals surface area (Å²) in [5.74, 6) is 0. The van der Waals surface area contributed by atoms with E-state index in [4.69, 9.17) is 0 Å². The summed E-state index contributed by atoms with van der Waals surface area (Å²) in [6, 6.07) is 35.0. The van der Waals surface area contributed by atoms with Crippen LogP contribution in [0.25, 0.3) is 21.9 Å². The normalized spacial score (nSPS) is 12.0. The van der Waals surface area contributed by atoms with Crippen molar-refractivity contribution < 1.29 is 0 Å². The van der Waals surface area contributed by atoms with Gasteiger partial charge in [-0.05, 0) is 47.0 Å². The lowest BCUT2D eigenvalue weighted by Crippen LogP contribution is -2.22. The summed E-state index contributed by atoms with van der Waals surface area (Å²) in [7, 11) is 2.22. The molecule has 0 fully saturated rings. The summed E-state index contributed by atoms with van der Waals surface area (Å²) in [6.45, 7) is 3.21. The third kappa shape index (κ3) is 4.11. The molecule has 0 amide bonds. The van der Waals surface area contributed by atoms with E-state index in [1.54, 1.807) is 0 Å². The maximum absolute atomic E-state index is 2.43. The van der Waals surface area contributed by atoms with Crippen LogP contribution in [0.3, 0.4) is 0 Å². The van der Waals surface area contributed by atoms with E-state index in [0.29, 0.717) is 6.04 Å². The summed E-state index contributed by atoms with van der Waals surface area (Å²) in [6.07, 6.45) is 0. The Morgan fingerprint density at radius 2 is 1.36 bits per heavy atom. The van der Waals surface area contributed by atoms with Gasteiger partial charge in [0.15, 0.2) is 0 Å². The van der Waals surface area contributed by atoms with Gasteiger partial charge < -0.3 is 0 Å². The van der Waals surface area contributed by atoms with Crippen molar-refractivity contribution in [1.29, 1.82) is 0 Å². The number of hydrogen-bond acceptors (Lipinski definition) is 1. The Kier molecular flexibility index (Phi) is 6.51. The Morgan fingerprint density at radius 3 is 2.18 bits per heavy atom. The first-order valence-corrected chi connectivity index (χ1v) is 9.55. The molecule has 0 unspecified atom stereocenters. The molecule has 0 aromatic heterocycles. The van der Waals surface area contributed by atoms with Crippen molar-refractivity contribution in [3.8, 4) is 11.1 Å². The largest absolute Gasteiger partial charge is 0.295 e. The van der Waals surface area contributed by atoms with Gasteiger partial charge in [0.2, 0.25) is 0 Å². The van der Waals surface area contributed by atoms with E-state index in [1.807, 2.05) is 0 Å². The lowest BCUT2D eigenvalue weighted by Gasteiger charge is -2.27. The highest BCUT2D eigenvalue weighted by atomic mass is 35.5. The van der Waals surface area contributed by atoms with Crippen molar-refractivity contribution in [1.82, 2.24) is 4.90 Å². The predicted octanol–water partition coefficient (Wildman–Crippen LogP) is 7.12. The fraction of sp³-hybridized carbons (Fsp3) is 0.154. The van der Waals surface area contributed by atoms with Crippen molar-refractivity contribution in [3.63, 3.8) is 0 Å². The lowest BCUT2D eigenvalue weighted by molar-refractivity contribution is 0.255. The molecule has 142 valence electrons. The predicted molar refractivity (Wildman–Crippen MR) is 123 cm³/mol. The lowest BCUT2D eigenvalue weighted by atomic mass is 9.97. The minimum Gasteiger partial charge on any atom is -0.295 e. The van der Waals surface area contributed by atoms with Crippen LogP contribution in [-0.2, 0) is 6.54 Å². The molecule has 0 radical (unpaired) electrons. The zero-order valence-corrected chi connectivity index (χ0v) is 17.2. The van der Waals surface area contributed by atoms with Gasteiger partial charge in [-0.15, -0.1) is 12.4 Å². The van der Waals surface area contributed by atoms with E-state index in [9.17, 15) is 0 Å². The van der Waals surface area contributed by atoms with Gasteiger partial charge in [-0.3, -0.25) is 4.90 Å². The van der Waals surface area contributed by atoms with Gasteiger partial charge in [0.05, 0.1) is 0 Å². The molecule has 0 spiro atoms. The second-order valence-electron chi connectivity index (χ2n) is 7.18. The molecule has 0 aliphatic rings. The molecule has 28 heavy (non-hydrogen) atoms. The molecule has 0 heterocycles. The van der Waals surface area contributed by atoms with Crippen molar-refractivity contribution in [2.24, 2.45) is 0 Å². The average molecular weight is 388 g/mol. The zero-order chi connectivity index (χ0) is 18.6. The van der Waals surface area contributed by atoms with Crippen molar-refractivity contribution >= 4 is 23.2 Å². The summed E-state index contributed by atoms with van der Waals surface area (Å²) in [4.78, 5) is 2.43. The smallest absolute Gasteiger partial charge is 0.0326 e. The number of nitrogens with zero attached hydrogens (tertiary/aromatic N) is 1. The molecule has 1 nitrogen and oxygen atoms in total. The molecular formula is C26H26ClN. The van der Waals surface area contributed by atoms with Crippen LogP contribution in [0.4, 0.5) is 0 Å². The second kappa shape index (κ2) is 9.05. The Labute approximate surface area is 174 Å². The van der Waals surface area contributed by atoms with Gasteiger partial charge in [0.25, 0.3) is 0 Å². The molecule has 0 aliphatic heterocycles. The molecule has 4 aromatic rings. The van der Waals surface area contributed by atoms with Gasteiger partial charge in [0, 0.05) is 12.6 Å². The van der Waals surface area contributed by atoms with Crippen LogP contribution in [0.2, 0.25) is 0 Å². The van der Waals surface area contributed by atoms with Crippen molar-refractivity contribution in [2.45, 2.75) is 19.5 Å². The second-order valence-corrected chi connectivity index (χ2v) is 7.18. The number of hydrogen-bond donors (Lipinski definition) is 0. The van der Waals surface area contributed by atoms with Crippen LogP contribution >= 0.6 is 12.4 Å². The Balaban J connectivity index is 0.00000225. The molecule has 1 atom stereocenters.